The summed E-state index contributed by atoms with van der Waals surface area (Å²) in [6.07, 6.45) is 11.4. The van der Waals surface area contributed by atoms with E-state index in [0.717, 1.165) is 67.8 Å². The first-order valence-corrected chi connectivity index (χ1v) is 14.0. The van der Waals surface area contributed by atoms with E-state index in [1.807, 2.05) is 47.5 Å². The molecule has 2 amide bonds. The highest BCUT2D eigenvalue weighted by Gasteiger charge is 2.39. The first-order valence-electron chi connectivity index (χ1n) is 14.0. The van der Waals surface area contributed by atoms with Crippen molar-refractivity contribution in [3.05, 3.63) is 59.8 Å². The second-order valence-electron chi connectivity index (χ2n) is 10.6. The summed E-state index contributed by atoms with van der Waals surface area (Å²) in [4.78, 5) is 33.6. The fraction of sp³-hybridized carbons (Fsp3) is 0.484. The maximum atomic E-state index is 14.2. The van der Waals surface area contributed by atoms with Crippen LogP contribution in [0.1, 0.15) is 75.0 Å². The quantitative estimate of drug-likeness (QED) is 0.382. The Morgan fingerprint density at radius 2 is 1.71 bits per heavy atom. The molecular formula is C31H39N3O4. The van der Waals surface area contributed by atoms with Crippen LogP contribution >= 0.6 is 0 Å². The highest BCUT2D eigenvalue weighted by Crippen LogP contribution is 2.38. The number of hydrogen-bond acceptors (Lipinski definition) is 4. The molecule has 3 aromatic rings. The van der Waals surface area contributed by atoms with Gasteiger partial charge in [0.1, 0.15) is 17.5 Å². The Hall–Kier alpha value is -3.48. The largest absolute Gasteiger partial charge is 0.497 e. The van der Waals surface area contributed by atoms with Gasteiger partial charge in [-0.05, 0) is 49.4 Å². The molecule has 1 aromatic heterocycles. The Morgan fingerprint density at radius 3 is 2.45 bits per heavy atom. The molecule has 202 valence electrons. The van der Waals surface area contributed by atoms with Crippen LogP contribution in [0.4, 0.5) is 0 Å². The van der Waals surface area contributed by atoms with Crippen molar-refractivity contribution < 1.29 is 19.1 Å². The molecule has 38 heavy (non-hydrogen) atoms. The lowest BCUT2D eigenvalue weighted by Crippen LogP contribution is -2.50. The molecule has 0 aliphatic heterocycles. The Bertz CT molecular complexity index is 1260. The van der Waals surface area contributed by atoms with Crippen LogP contribution < -0.4 is 14.8 Å². The second kappa shape index (κ2) is 11.9. The Morgan fingerprint density at radius 1 is 0.974 bits per heavy atom. The van der Waals surface area contributed by atoms with E-state index in [4.69, 9.17) is 9.47 Å². The van der Waals surface area contributed by atoms with E-state index in [9.17, 15) is 9.59 Å². The van der Waals surface area contributed by atoms with Crippen molar-refractivity contribution in [3.8, 4) is 11.5 Å². The lowest BCUT2D eigenvalue weighted by molar-refractivity contribution is -0.143. The first-order chi connectivity index (χ1) is 18.6. The second-order valence-corrected chi connectivity index (χ2v) is 10.6. The number of hydrogen-bond donors (Lipinski definition) is 2. The summed E-state index contributed by atoms with van der Waals surface area (Å²) in [7, 11) is 3.21. The average molecular weight is 518 g/mol. The highest BCUT2D eigenvalue weighted by molar-refractivity contribution is 5.93. The fourth-order valence-electron chi connectivity index (χ4n) is 6.26. The van der Waals surface area contributed by atoms with Crippen molar-refractivity contribution in [3.63, 3.8) is 0 Å². The minimum Gasteiger partial charge on any atom is -0.497 e. The normalized spacial score (nSPS) is 17.3. The van der Waals surface area contributed by atoms with Crippen LogP contribution in [0.15, 0.2) is 48.7 Å². The summed E-state index contributed by atoms with van der Waals surface area (Å²) in [6, 6.07) is 12.9. The molecule has 2 fully saturated rings. The van der Waals surface area contributed by atoms with Gasteiger partial charge in [0.15, 0.2) is 0 Å². The predicted molar refractivity (Wildman–Crippen MR) is 148 cm³/mol. The number of carbonyl (C=O) groups is 2. The van der Waals surface area contributed by atoms with Crippen molar-refractivity contribution in [1.82, 2.24) is 15.2 Å². The monoisotopic (exact) mass is 517 g/mol. The van der Waals surface area contributed by atoms with E-state index in [-0.39, 0.29) is 30.3 Å². The lowest BCUT2D eigenvalue weighted by Gasteiger charge is -2.38. The third-order valence-electron chi connectivity index (χ3n) is 8.24. The molecule has 7 nitrogen and oxygen atoms in total. The van der Waals surface area contributed by atoms with Crippen LogP contribution in [-0.2, 0) is 16.0 Å². The molecule has 1 atom stereocenters. The third-order valence-corrected chi connectivity index (χ3v) is 8.24. The number of fused-ring (bicyclic) bond motifs is 1. The molecule has 0 radical (unpaired) electrons. The molecule has 2 aliphatic carbocycles. The van der Waals surface area contributed by atoms with Crippen LogP contribution in [0.2, 0.25) is 0 Å². The highest BCUT2D eigenvalue weighted by atomic mass is 16.5. The number of para-hydroxylation sites is 1. The molecule has 0 unspecified atom stereocenters. The number of H-pyrrole nitrogens is 1. The van der Waals surface area contributed by atoms with Gasteiger partial charge in [-0.3, -0.25) is 9.59 Å². The van der Waals surface area contributed by atoms with Gasteiger partial charge >= 0.3 is 0 Å². The molecular weight excluding hydrogens is 478 g/mol. The molecule has 0 spiro atoms. The summed E-state index contributed by atoms with van der Waals surface area (Å²) in [6.45, 7) is 0. The zero-order chi connectivity index (χ0) is 26.5. The van der Waals surface area contributed by atoms with E-state index < -0.39 is 6.04 Å². The number of aromatic nitrogens is 1. The SMILES string of the molecule is COc1ccc([C@@H](C(=O)NC2CCCCC2)N(C(=O)Cc2c[nH]c3ccccc23)C2CCCC2)c(OC)c1. The summed E-state index contributed by atoms with van der Waals surface area (Å²) < 4.78 is 11.2. The third kappa shape index (κ3) is 5.52. The van der Waals surface area contributed by atoms with Gasteiger partial charge in [0.05, 0.1) is 20.6 Å². The van der Waals surface area contributed by atoms with Crippen molar-refractivity contribution >= 4 is 22.7 Å². The Kier molecular flexibility index (Phi) is 8.20. The number of nitrogens with one attached hydrogen (secondary N) is 2. The number of amides is 2. The van der Waals surface area contributed by atoms with Crippen molar-refractivity contribution in [2.24, 2.45) is 0 Å². The van der Waals surface area contributed by atoms with E-state index in [1.54, 1.807) is 20.3 Å². The Balaban J connectivity index is 1.54. The predicted octanol–water partition coefficient (Wildman–Crippen LogP) is 5.69. The molecule has 5 rings (SSSR count). The molecule has 1 heterocycles. The summed E-state index contributed by atoms with van der Waals surface area (Å²) in [5, 5.41) is 4.36. The summed E-state index contributed by atoms with van der Waals surface area (Å²) >= 11 is 0. The van der Waals surface area contributed by atoms with Gasteiger partial charge < -0.3 is 24.7 Å². The molecule has 2 aliphatic rings. The number of benzene rings is 2. The van der Waals surface area contributed by atoms with E-state index in [1.165, 1.54) is 6.42 Å². The van der Waals surface area contributed by atoms with Crippen LogP contribution in [0.25, 0.3) is 10.9 Å². The fourth-order valence-corrected chi connectivity index (χ4v) is 6.26. The van der Waals surface area contributed by atoms with E-state index >= 15 is 0 Å². The first kappa shape index (κ1) is 26.1. The van der Waals surface area contributed by atoms with Crippen molar-refractivity contribution in [2.75, 3.05) is 14.2 Å². The van der Waals surface area contributed by atoms with Crippen molar-refractivity contribution in [1.29, 1.82) is 0 Å². The van der Waals surface area contributed by atoms with Gasteiger partial charge in [-0.2, -0.15) is 0 Å². The molecule has 0 bridgehead atoms. The number of ether oxygens (including phenoxy) is 2. The van der Waals surface area contributed by atoms with Crippen LogP contribution in [0, 0.1) is 0 Å². The maximum absolute atomic E-state index is 14.2. The van der Waals surface area contributed by atoms with Gasteiger partial charge in [0.2, 0.25) is 11.8 Å². The van der Waals surface area contributed by atoms with Crippen LogP contribution in [0.3, 0.4) is 0 Å². The number of aromatic amines is 1. The van der Waals surface area contributed by atoms with Gasteiger partial charge in [-0.15, -0.1) is 0 Å². The maximum Gasteiger partial charge on any atom is 0.247 e. The zero-order valence-corrected chi connectivity index (χ0v) is 22.5. The van der Waals surface area contributed by atoms with E-state index in [0.29, 0.717) is 17.1 Å². The van der Waals surface area contributed by atoms with Crippen LogP contribution in [0.5, 0.6) is 11.5 Å². The average Bonchev–Trinajstić information content (AvgIpc) is 3.62. The summed E-state index contributed by atoms with van der Waals surface area (Å²) in [5.41, 5.74) is 2.65. The van der Waals surface area contributed by atoms with Gasteiger partial charge in [-0.25, -0.2) is 0 Å². The van der Waals surface area contributed by atoms with Gasteiger partial charge in [0.25, 0.3) is 0 Å². The van der Waals surface area contributed by atoms with Gasteiger partial charge in [-0.1, -0.05) is 50.3 Å². The number of carbonyl (C=O) groups excluding carboxylic acids is 2. The molecule has 0 saturated heterocycles. The summed E-state index contributed by atoms with van der Waals surface area (Å²) in [5.74, 6) is 1.04. The lowest BCUT2D eigenvalue weighted by atomic mass is 9.94. The Labute approximate surface area is 224 Å². The number of methoxy groups -OCH3 is 2. The van der Waals surface area contributed by atoms with Crippen molar-refractivity contribution in [2.45, 2.75) is 82.3 Å². The minimum atomic E-state index is -0.779. The van der Waals surface area contributed by atoms with Gasteiger partial charge in [0, 0.05) is 40.8 Å². The number of rotatable bonds is 9. The molecule has 2 N–H and O–H groups in total. The molecule has 2 aromatic carbocycles. The minimum absolute atomic E-state index is 0.00150. The smallest absolute Gasteiger partial charge is 0.247 e. The molecule has 2 saturated carbocycles. The standard InChI is InChI=1S/C31H39N3O4/c1-37-24-16-17-26(28(19-24)38-2)30(31(36)33-22-10-4-3-5-11-22)34(23-12-6-7-13-23)29(35)18-21-20-32-27-15-9-8-14-25(21)27/h8-9,14-17,19-20,22-23,30,32H,3-7,10-13,18H2,1-2H3,(H,33,36)/t30-/m0/s1. The van der Waals surface area contributed by atoms with E-state index in [2.05, 4.69) is 10.3 Å². The van der Waals surface area contributed by atoms with Crippen LogP contribution in [-0.4, -0.2) is 48.0 Å². The molecule has 7 heteroatoms. The topological polar surface area (TPSA) is 83.7 Å². The zero-order valence-electron chi connectivity index (χ0n) is 22.5. The number of nitrogens with zero attached hydrogens (tertiary/aromatic N) is 1.